The molecule has 0 radical (unpaired) electrons. The number of halogens is 4. The van der Waals surface area contributed by atoms with Crippen molar-refractivity contribution in [1.82, 2.24) is 4.57 Å². The number of aromatic carboxylic acids is 1. The summed E-state index contributed by atoms with van der Waals surface area (Å²) < 4.78 is 53.5. The van der Waals surface area contributed by atoms with Crippen molar-refractivity contribution in [2.45, 2.75) is 0 Å². The van der Waals surface area contributed by atoms with E-state index in [2.05, 4.69) is 0 Å². The van der Waals surface area contributed by atoms with Gasteiger partial charge in [0.15, 0.2) is 23.3 Å². The van der Waals surface area contributed by atoms with Crippen molar-refractivity contribution in [3.8, 4) is 5.69 Å². The Morgan fingerprint density at radius 3 is 2.10 bits per heavy atom. The number of benzene rings is 1. The molecule has 104 valence electrons. The highest BCUT2D eigenvalue weighted by Gasteiger charge is 2.22. The van der Waals surface area contributed by atoms with Crippen LogP contribution in [0.15, 0.2) is 29.2 Å². The largest absolute Gasteiger partial charge is 0.478 e. The van der Waals surface area contributed by atoms with Crippen LogP contribution >= 0.6 is 0 Å². The summed E-state index contributed by atoms with van der Waals surface area (Å²) in [7, 11) is 0. The molecule has 0 bridgehead atoms. The predicted octanol–water partition coefficient (Wildman–Crippen LogP) is 2.09. The van der Waals surface area contributed by atoms with E-state index in [1.54, 1.807) is 0 Å². The monoisotopic (exact) mass is 287 g/mol. The number of aromatic nitrogens is 1. The molecule has 0 saturated heterocycles. The average molecular weight is 287 g/mol. The molecule has 0 saturated carbocycles. The van der Waals surface area contributed by atoms with Crippen LogP contribution in [0.25, 0.3) is 5.69 Å². The second-order valence-electron chi connectivity index (χ2n) is 3.75. The first-order valence-corrected chi connectivity index (χ1v) is 5.12. The Morgan fingerprint density at radius 1 is 1.05 bits per heavy atom. The standard InChI is InChI=1S/C12H5F4NO3/c13-6-3-7(14)10(16)11(9(6)15)17-4-5(12(19)20)1-2-8(17)18/h1-4H,(H,19,20). The smallest absolute Gasteiger partial charge is 0.337 e. The summed E-state index contributed by atoms with van der Waals surface area (Å²) in [6.45, 7) is 0. The fourth-order valence-corrected chi connectivity index (χ4v) is 1.56. The Hall–Kier alpha value is -2.64. The van der Waals surface area contributed by atoms with E-state index >= 15 is 0 Å². The molecule has 0 amide bonds. The molecule has 0 atom stereocenters. The highest BCUT2D eigenvalue weighted by molar-refractivity contribution is 5.87. The lowest BCUT2D eigenvalue weighted by Gasteiger charge is -2.10. The van der Waals surface area contributed by atoms with Gasteiger partial charge in [-0.05, 0) is 6.07 Å². The van der Waals surface area contributed by atoms with E-state index in [0.29, 0.717) is 12.3 Å². The van der Waals surface area contributed by atoms with Crippen LogP contribution in [0, 0.1) is 23.3 Å². The topological polar surface area (TPSA) is 59.3 Å². The van der Waals surface area contributed by atoms with Crippen molar-refractivity contribution >= 4 is 5.97 Å². The first-order valence-electron chi connectivity index (χ1n) is 5.12. The highest BCUT2D eigenvalue weighted by atomic mass is 19.2. The van der Waals surface area contributed by atoms with Crippen molar-refractivity contribution in [3.63, 3.8) is 0 Å². The summed E-state index contributed by atoms with van der Waals surface area (Å²) in [4.78, 5) is 22.3. The molecule has 1 heterocycles. The van der Waals surface area contributed by atoms with Gasteiger partial charge in [0.2, 0.25) is 0 Å². The Labute approximate surface area is 108 Å². The maximum Gasteiger partial charge on any atom is 0.337 e. The lowest BCUT2D eigenvalue weighted by molar-refractivity contribution is 0.0696. The van der Waals surface area contributed by atoms with Crippen molar-refractivity contribution < 1.29 is 27.5 Å². The van der Waals surface area contributed by atoms with Crippen LogP contribution < -0.4 is 5.56 Å². The molecule has 8 heteroatoms. The van der Waals surface area contributed by atoms with Gasteiger partial charge < -0.3 is 5.11 Å². The second kappa shape index (κ2) is 4.80. The summed E-state index contributed by atoms with van der Waals surface area (Å²) in [5, 5.41) is 8.74. The van der Waals surface area contributed by atoms with E-state index in [4.69, 9.17) is 5.11 Å². The van der Waals surface area contributed by atoms with Crippen LogP contribution in [0.1, 0.15) is 10.4 Å². The zero-order chi connectivity index (χ0) is 15.0. The summed E-state index contributed by atoms with van der Waals surface area (Å²) in [6, 6.07) is 1.60. The van der Waals surface area contributed by atoms with Crippen LogP contribution in [-0.2, 0) is 0 Å². The van der Waals surface area contributed by atoms with Crippen LogP contribution in [0.5, 0.6) is 0 Å². The van der Waals surface area contributed by atoms with Gasteiger partial charge in [-0.1, -0.05) is 0 Å². The number of carboxylic acid groups (broad SMARTS) is 1. The summed E-state index contributed by atoms with van der Waals surface area (Å²) >= 11 is 0. The van der Waals surface area contributed by atoms with Gasteiger partial charge in [-0.3, -0.25) is 9.36 Å². The summed E-state index contributed by atoms with van der Waals surface area (Å²) in [6.07, 6.45) is 0.574. The zero-order valence-corrected chi connectivity index (χ0v) is 9.53. The number of pyridine rings is 1. The van der Waals surface area contributed by atoms with Gasteiger partial charge in [0, 0.05) is 18.3 Å². The normalized spacial score (nSPS) is 10.6. The van der Waals surface area contributed by atoms with Crippen LogP contribution in [0.3, 0.4) is 0 Å². The minimum Gasteiger partial charge on any atom is -0.478 e. The Bertz CT molecular complexity index is 744. The Morgan fingerprint density at radius 2 is 1.60 bits per heavy atom. The lowest BCUT2D eigenvalue weighted by Crippen LogP contribution is -2.21. The van der Waals surface area contributed by atoms with E-state index in [1.165, 1.54) is 0 Å². The van der Waals surface area contributed by atoms with Gasteiger partial charge in [-0.2, -0.15) is 0 Å². The second-order valence-corrected chi connectivity index (χ2v) is 3.75. The van der Waals surface area contributed by atoms with Gasteiger partial charge in [0.25, 0.3) is 5.56 Å². The quantitative estimate of drug-likeness (QED) is 0.679. The van der Waals surface area contributed by atoms with Crippen molar-refractivity contribution in [2.75, 3.05) is 0 Å². The third-order valence-electron chi connectivity index (χ3n) is 2.49. The molecule has 2 rings (SSSR count). The van der Waals surface area contributed by atoms with E-state index in [0.717, 1.165) is 6.07 Å². The fourth-order valence-electron chi connectivity index (χ4n) is 1.56. The number of carboxylic acids is 1. The molecule has 1 aromatic heterocycles. The third-order valence-corrected chi connectivity index (χ3v) is 2.49. The molecular weight excluding hydrogens is 282 g/mol. The number of nitrogens with zero attached hydrogens (tertiary/aromatic N) is 1. The van der Waals surface area contributed by atoms with E-state index in [1.807, 2.05) is 0 Å². The minimum atomic E-state index is -1.80. The fraction of sp³-hybridized carbons (Fsp3) is 0. The molecular formula is C12H5F4NO3. The molecule has 0 aliphatic carbocycles. The first kappa shape index (κ1) is 13.8. The Kier molecular flexibility index (Phi) is 3.31. The SMILES string of the molecule is O=C(O)c1ccc(=O)n(-c2c(F)c(F)cc(F)c2F)c1. The third kappa shape index (κ3) is 2.15. The molecule has 2 aromatic rings. The average Bonchev–Trinajstić information content (AvgIpc) is 2.38. The number of rotatable bonds is 2. The Balaban J connectivity index is 2.84. The molecule has 0 spiro atoms. The summed E-state index contributed by atoms with van der Waals surface area (Å²) in [5.41, 5.74) is -2.83. The highest BCUT2D eigenvalue weighted by Crippen LogP contribution is 2.22. The van der Waals surface area contributed by atoms with Gasteiger partial charge in [0.05, 0.1) is 5.56 Å². The maximum atomic E-state index is 13.6. The number of hydrogen-bond acceptors (Lipinski definition) is 2. The molecule has 0 unspecified atom stereocenters. The first-order chi connectivity index (χ1) is 9.32. The van der Waals surface area contributed by atoms with E-state index < -0.39 is 46.0 Å². The number of carbonyl (C=O) groups is 1. The molecule has 0 aliphatic rings. The van der Waals surface area contributed by atoms with Crippen molar-refractivity contribution in [1.29, 1.82) is 0 Å². The van der Waals surface area contributed by atoms with Crippen LogP contribution in [0.2, 0.25) is 0 Å². The van der Waals surface area contributed by atoms with Gasteiger partial charge >= 0.3 is 5.97 Å². The minimum absolute atomic E-state index is 0.0136. The van der Waals surface area contributed by atoms with Gasteiger partial charge in [0.1, 0.15) is 5.69 Å². The van der Waals surface area contributed by atoms with E-state index in [9.17, 15) is 27.2 Å². The predicted molar refractivity (Wildman–Crippen MR) is 58.8 cm³/mol. The van der Waals surface area contributed by atoms with Crippen LogP contribution in [-0.4, -0.2) is 15.6 Å². The maximum absolute atomic E-state index is 13.6. The van der Waals surface area contributed by atoms with Gasteiger partial charge in [-0.25, -0.2) is 22.4 Å². The molecule has 4 nitrogen and oxygen atoms in total. The molecule has 0 fully saturated rings. The van der Waals surface area contributed by atoms with Crippen molar-refractivity contribution in [3.05, 3.63) is 63.6 Å². The molecule has 1 N–H and O–H groups in total. The van der Waals surface area contributed by atoms with Crippen molar-refractivity contribution in [2.24, 2.45) is 0 Å². The molecule has 1 aromatic carbocycles. The number of hydrogen-bond donors (Lipinski definition) is 1. The molecule has 0 aliphatic heterocycles. The van der Waals surface area contributed by atoms with E-state index in [-0.39, 0.29) is 10.6 Å². The van der Waals surface area contributed by atoms with Crippen LogP contribution in [0.4, 0.5) is 17.6 Å². The summed E-state index contributed by atoms with van der Waals surface area (Å²) in [5.74, 6) is -8.48. The van der Waals surface area contributed by atoms with Gasteiger partial charge in [-0.15, -0.1) is 0 Å². The molecule has 20 heavy (non-hydrogen) atoms. The zero-order valence-electron chi connectivity index (χ0n) is 9.53. The lowest BCUT2D eigenvalue weighted by atomic mass is 10.2.